The second-order valence-electron chi connectivity index (χ2n) is 3.87. The second-order valence-corrected chi connectivity index (χ2v) is 4.67. The number of hydrogen-bond donors (Lipinski definition) is 1. The zero-order valence-electron chi connectivity index (χ0n) is 10.5. The third kappa shape index (κ3) is 3.89. The molecule has 112 valence electrons. The molecule has 0 amide bonds. The van der Waals surface area contributed by atoms with Crippen LogP contribution in [-0.4, -0.2) is 17.1 Å². The smallest absolute Gasteiger partial charge is 0.451 e. The summed E-state index contributed by atoms with van der Waals surface area (Å²) in [4.78, 5) is 6.51. The molecule has 0 radical (unpaired) electrons. The van der Waals surface area contributed by atoms with Gasteiger partial charge in [-0.15, -0.1) is 0 Å². The number of nitrogens with one attached hydrogen (secondary N) is 1. The Morgan fingerprint density at radius 2 is 1.86 bits per heavy atom. The maximum absolute atomic E-state index is 12.6. The molecule has 0 fully saturated rings. The highest BCUT2D eigenvalue weighted by molar-refractivity contribution is 6.32. The van der Waals surface area contributed by atoms with Crippen molar-refractivity contribution in [2.45, 2.75) is 6.18 Å². The van der Waals surface area contributed by atoms with Crippen LogP contribution in [0.15, 0.2) is 24.3 Å². The van der Waals surface area contributed by atoms with E-state index in [1.54, 1.807) is 6.07 Å². The molecular weight excluding hydrogens is 330 g/mol. The lowest BCUT2D eigenvalue weighted by molar-refractivity contribution is -0.144. The topological polar surface area (TPSA) is 47.0 Å². The van der Waals surface area contributed by atoms with E-state index in [0.717, 1.165) is 0 Å². The summed E-state index contributed by atoms with van der Waals surface area (Å²) < 4.78 is 42.8. The molecule has 0 aliphatic carbocycles. The van der Waals surface area contributed by atoms with Crippen molar-refractivity contribution in [3.05, 3.63) is 40.3 Å². The lowest BCUT2D eigenvalue weighted by atomic mass is 10.3. The predicted molar refractivity (Wildman–Crippen MR) is 73.3 cm³/mol. The first-order valence-corrected chi connectivity index (χ1v) is 6.27. The van der Waals surface area contributed by atoms with Crippen LogP contribution in [0.1, 0.15) is 5.82 Å². The zero-order chi connectivity index (χ0) is 15.6. The van der Waals surface area contributed by atoms with Gasteiger partial charge in [0.1, 0.15) is 16.7 Å². The van der Waals surface area contributed by atoms with Crippen molar-refractivity contribution >= 4 is 34.7 Å². The Balaban J connectivity index is 2.33. The maximum Gasteiger partial charge on any atom is 0.451 e. The lowest BCUT2D eigenvalue weighted by Crippen LogP contribution is -2.12. The van der Waals surface area contributed by atoms with Crippen LogP contribution >= 0.6 is 23.2 Å². The van der Waals surface area contributed by atoms with Gasteiger partial charge in [0.2, 0.25) is 5.82 Å². The van der Waals surface area contributed by atoms with E-state index >= 15 is 0 Å². The van der Waals surface area contributed by atoms with Crippen molar-refractivity contribution in [1.29, 1.82) is 0 Å². The van der Waals surface area contributed by atoms with Crippen LogP contribution in [-0.2, 0) is 6.18 Å². The molecule has 4 nitrogen and oxygen atoms in total. The van der Waals surface area contributed by atoms with E-state index in [1.165, 1.54) is 25.3 Å². The largest absolute Gasteiger partial charge is 0.495 e. The Labute approximate surface area is 127 Å². The van der Waals surface area contributed by atoms with Crippen LogP contribution in [0.4, 0.5) is 24.7 Å². The molecule has 2 aromatic rings. The summed E-state index contributed by atoms with van der Waals surface area (Å²) in [6.07, 6.45) is -4.68. The number of methoxy groups -OCH3 is 1. The number of rotatable bonds is 3. The van der Waals surface area contributed by atoms with Crippen LogP contribution in [0.25, 0.3) is 0 Å². The summed E-state index contributed by atoms with van der Waals surface area (Å²) in [7, 11) is 1.42. The molecule has 9 heteroatoms. The molecule has 0 bridgehead atoms. The van der Waals surface area contributed by atoms with Gasteiger partial charge in [-0.1, -0.05) is 23.2 Å². The quantitative estimate of drug-likeness (QED) is 0.834. The summed E-state index contributed by atoms with van der Waals surface area (Å²) in [5.74, 6) is -1.04. The first-order chi connectivity index (χ1) is 9.79. The lowest BCUT2D eigenvalue weighted by Gasteiger charge is -2.11. The molecule has 21 heavy (non-hydrogen) atoms. The fourth-order valence-corrected chi connectivity index (χ4v) is 1.87. The fourth-order valence-electron chi connectivity index (χ4n) is 1.49. The number of aromatic nitrogens is 2. The van der Waals surface area contributed by atoms with Gasteiger partial charge in [0.05, 0.1) is 12.1 Å². The van der Waals surface area contributed by atoms with Gasteiger partial charge >= 0.3 is 6.18 Å². The Kier molecular flexibility index (Phi) is 4.43. The van der Waals surface area contributed by atoms with E-state index in [2.05, 4.69) is 15.3 Å². The minimum atomic E-state index is -4.68. The highest BCUT2D eigenvalue weighted by Gasteiger charge is 2.35. The van der Waals surface area contributed by atoms with E-state index in [9.17, 15) is 13.2 Å². The van der Waals surface area contributed by atoms with Crippen molar-refractivity contribution in [3.63, 3.8) is 0 Å². The first kappa shape index (κ1) is 15.7. The number of benzene rings is 1. The van der Waals surface area contributed by atoms with Crippen molar-refractivity contribution in [2.75, 3.05) is 12.4 Å². The van der Waals surface area contributed by atoms with E-state index in [1.807, 2.05) is 0 Å². The molecule has 0 saturated heterocycles. The van der Waals surface area contributed by atoms with Gasteiger partial charge in [-0.25, -0.2) is 9.97 Å². The Morgan fingerprint density at radius 3 is 2.48 bits per heavy atom. The third-order valence-electron chi connectivity index (χ3n) is 2.37. The van der Waals surface area contributed by atoms with Crippen LogP contribution in [0.3, 0.4) is 0 Å². The highest BCUT2D eigenvalue weighted by atomic mass is 35.5. The van der Waals surface area contributed by atoms with Gasteiger partial charge in [-0.3, -0.25) is 0 Å². The monoisotopic (exact) mass is 337 g/mol. The standard InChI is InChI=1S/C12H8Cl2F3N3O/c1-21-8-4-6(2-3-7(8)13)18-10-5-9(14)19-11(20-10)12(15,16)17/h2-5H,1H3,(H,18,19,20). The van der Waals surface area contributed by atoms with Crippen molar-refractivity contribution in [1.82, 2.24) is 9.97 Å². The minimum absolute atomic E-state index is 0.0910. The average molecular weight is 338 g/mol. The summed E-state index contributed by atoms with van der Waals surface area (Å²) in [5, 5.41) is 2.74. The Morgan fingerprint density at radius 1 is 1.14 bits per heavy atom. The molecule has 1 N–H and O–H groups in total. The number of anilines is 2. The molecular formula is C12H8Cl2F3N3O. The van der Waals surface area contributed by atoms with Crippen molar-refractivity contribution < 1.29 is 17.9 Å². The molecule has 2 rings (SSSR count). The number of alkyl halides is 3. The number of hydrogen-bond acceptors (Lipinski definition) is 4. The summed E-state index contributed by atoms with van der Waals surface area (Å²) in [5.41, 5.74) is 0.444. The number of nitrogens with zero attached hydrogens (tertiary/aromatic N) is 2. The van der Waals surface area contributed by atoms with E-state index in [4.69, 9.17) is 27.9 Å². The van der Waals surface area contributed by atoms with E-state index in [0.29, 0.717) is 16.5 Å². The summed E-state index contributed by atoms with van der Waals surface area (Å²) >= 11 is 11.4. The molecule has 1 heterocycles. The molecule has 0 aliphatic heterocycles. The van der Waals surface area contributed by atoms with Gasteiger partial charge in [-0.2, -0.15) is 13.2 Å². The summed E-state index contributed by atoms with van der Waals surface area (Å²) in [6, 6.07) is 5.80. The first-order valence-electron chi connectivity index (χ1n) is 5.52. The Hall–Kier alpha value is -1.73. The van der Waals surface area contributed by atoms with Crippen LogP contribution in [0.2, 0.25) is 10.2 Å². The van der Waals surface area contributed by atoms with Crippen LogP contribution < -0.4 is 10.1 Å². The van der Waals surface area contributed by atoms with E-state index in [-0.39, 0.29) is 11.0 Å². The maximum atomic E-state index is 12.6. The average Bonchev–Trinajstić information content (AvgIpc) is 2.39. The zero-order valence-corrected chi connectivity index (χ0v) is 12.0. The molecule has 0 unspecified atom stereocenters. The molecule has 0 saturated carbocycles. The second kappa shape index (κ2) is 5.95. The molecule has 1 aromatic heterocycles. The predicted octanol–water partition coefficient (Wildman–Crippen LogP) is 4.55. The summed E-state index contributed by atoms with van der Waals surface area (Å²) in [6.45, 7) is 0. The molecule has 0 spiro atoms. The van der Waals surface area contributed by atoms with Crippen LogP contribution in [0, 0.1) is 0 Å². The minimum Gasteiger partial charge on any atom is -0.495 e. The van der Waals surface area contributed by atoms with Crippen molar-refractivity contribution in [3.8, 4) is 5.75 Å². The van der Waals surface area contributed by atoms with Gasteiger partial charge in [0.15, 0.2) is 0 Å². The normalized spacial score (nSPS) is 11.3. The number of ether oxygens (including phenoxy) is 1. The fraction of sp³-hybridized carbons (Fsp3) is 0.167. The third-order valence-corrected chi connectivity index (χ3v) is 2.88. The Bertz CT molecular complexity index is 665. The van der Waals surface area contributed by atoms with E-state index < -0.39 is 12.0 Å². The molecule has 0 aliphatic rings. The van der Waals surface area contributed by atoms with Crippen molar-refractivity contribution in [2.24, 2.45) is 0 Å². The highest BCUT2D eigenvalue weighted by Crippen LogP contribution is 2.31. The van der Waals surface area contributed by atoms with Gasteiger partial charge in [0, 0.05) is 17.8 Å². The van der Waals surface area contributed by atoms with Gasteiger partial charge in [-0.05, 0) is 12.1 Å². The number of halogens is 5. The SMILES string of the molecule is COc1cc(Nc2cc(Cl)nc(C(F)(F)F)n2)ccc1Cl. The molecule has 1 aromatic carbocycles. The van der Waals surface area contributed by atoms with Gasteiger partial charge in [0.25, 0.3) is 0 Å². The molecule has 0 atom stereocenters. The van der Waals surface area contributed by atoms with Crippen LogP contribution in [0.5, 0.6) is 5.75 Å². The van der Waals surface area contributed by atoms with Gasteiger partial charge < -0.3 is 10.1 Å².